The van der Waals surface area contributed by atoms with Crippen LogP contribution in [0, 0.1) is 6.92 Å². The highest BCUT2D eigenvalue weighted by atomic mass is 19.1. The van der Waals surface area contributed by atoms with E-state index in [1.54, 1.807) is 31.2 Å². The standard InChI is InChI=1S/C32H34FN3O5/c1-19-23(12-7-13-28(19)37)30(39)35-26(16-20-8-3-2-4-9-20)29(38)32(41)36-18-22(33)17-27(36)31(40)34-25-15-14-21-10-5-6-11-24(21)25/h2-13,22,25-27,29,37-38H,14-18H2,1H3,(H,34,40)(H,35,39)/t22-,25-,26-,27-,29-/m0/s1. The Bertz CT molecular complexity index is 1430. The van der Waals surface area contributed by atoms with Gasteiger partial charge in [-0.05, 0) is 55.0 Å². The molecule has 5 rings (SSSR count). The lowest BCUT2D eigenvalue weighted by atomic mass is 9.98. The smallest absolute Gasteiger partial charge is 0.254 e. The molecule has 9 heteroatoms. The Balaban J connectivity index is 1.34. The zero-order chi connectivity index (χ0) is 29.1. The molecule has 0 radical (unpaired) electrons. The SMILES string of the molecule is Cc1c(O)cccc1C(=O)N[C@@H](Cc1ccccc1)[C@H](O)C(=O)N1C[C@@H](F)C[C@H]1C(=O)N[C@H]1CCc2ccccc21. The van der Waals surface area contributed by atoms with Crippen LogP contribution in [0.5, 0.6) is 5.75 Å². The van der Waals surface area contributed by atoms with Crippen LogP contribution in [0.2, 0.25) is 0 Å². The van der Waals surface area contributed by atoms with Gasteiger partial charge in [0.15, 0.2) is 6.10 Å². The largest absolute Gasteiger partial charge is 0.508 e. The Morgan fingerprint density at radius 1 is 1.02 bits per heavy atom. The quantitative estimate of drug-likeness (QED) is 0.338. The van der Waals surface area contributed by atoms with Gasteiger partial charge in [-0.2, -0.15) is 0 Å². The summed E-state index contributed by atoms with van der Waals surface area (Å²) in [5.41, 5.74) is 3.48. The fraction of sp³-hybridized carbons (Fsp3) is 0.344. The van der Waals surface area contributed by atoms with Crippen molar-refractivity contribution < 1.29 is 29.0 Å². The maximum Gasteiger partial charge on any atom is 0.254 e. The number of phenolic OH excluding ortho intramolecular Hbond substituents is 1. The van der Waals surface area contributed by atoms with Crippen molar-refractivity contribution >= 4 is 17.7 Å². The average molecular weight is 560 g/mol. The molecule has 8 nitrogen and oxygen atoms in total. The van der Waals surface area contributed by atoms with Gasteiger partial charge in [-0.3, -0.25) is 14.4 Å². The van der Waals surface area contributed by atoms with Crippen LogP contribution in [-0.4, -0.2) is 63.7 Å². The molecule has 41 heavy (non-hydrogen) atoms. The van der Waals surface area contributed by atoms with Crippen LogP contribution in [0.15, 0.2) is 72.8 Å². The number of phenols is 1. The second-order valence-electron chi connectivity index (χ2n) is 10.8. The summed E-state index contributed by atoms with van der Waals surface area (Å²) < 4.78 is 14.7. The van der Waals surface area contributed by atoms with E-state index in [-0.39, 0.29) is 36.7 Å². The normalized spacial score (nSPS) is 21.1. The number of alkyl halides is 1. The summed E-state index contributed by atoms with van der Waals surface area (Å²) in [6.45, 7) is 1.27. The van der Waals surface area contributed by atoms with Crippen molar-refractivity contribution in [2.75, 3.05) is 6.54 Å². The topological polar surface area (TPSA) is 119 Å². The van der Waals surface area contributed by atoms with Gasteiger partial charge in [0.1, 0.15) is 18.0 Å². The first kappa shape index (κ1) is 28.3. The van der Waals surface area contributed by atoms with Crippen molar-refractivity contribution in [2.24, 2.45) is 0 Å². The third-order valence-electron chi connectivity index (χ3n) is 8.08. The van der Waals surface area contributed by atoms with E-state index in [1.807, 2.05) is 30.3 Å². The number of carbonyl (C=O) groups is 3. The van der Waals surface area contributed by atoms with Crippen LogP contribution in [0.3, 0.4) is 0 Å². The van der Waals surface area contributed by atoms with E-state index in [2.05, 4.69) is 10.6 Å². The predicted octanol–water partition coefficient (Wildman–Crippen LogP) is 3.15. The molecular formula is C32H34FN3O5. The molecule has 3 aromatic rings. The Hall–Kier alpha value is -4.24. The van der Waals surface area contributed by atoms with Crippen LogP contribution in [0.25, 0.3) is 0 Å². The van der Waals surface area contributed by atoms with Crippen molar-refractivity contribution in [3.8, 4) is 5.75 Å². The summed E-state index contributed by atoms with van der Waals surface area (Å²) in [5, 5.41) is 27.1. The van der Waals surface area contributed by atoms with Crippen molar-refractivity contribution in [3.63, 3.8) is 0 Å². The second-order valence-corrected chi connectivity index (χ2v) is 10.8. The van der Waals surface area contributed by atoms with E-state index in [0.717, 1.165) is 28.0 Å². The molecule has 0 spiro atoms. The number of hydrogen-bond donors (Lipinski definition) is 4. The number of fused-ring (bicyclic) bond motifs is 1. The fourth-order valence-electron chi connectivity index (χ4n) is 5.82. The number of amides is 3. The highest BCUT2D eigenvalue weighted by Crippen LogP contribution is 2.32. The van der Waals surface area contributed by atoms with Gasteiger partial charge in [0.25, 0.3) is 11.8 Å². The highest BCUT2D eigenvalue weighted by molar-refractivity contribution is 5.97. The van der Waals surface area contributed by atoms with E-state index in [9.17, 15) is 29.0 Å². The minimum atomic E-state index is -1.75. The van der Waals surface area contributed by atoms with Gasteiger partial charge in [0.05, 0.1) is 18.6 Å². The lowest BCUT2D eigenvalue weighted by Gasteiger charge is -2.31. The van der Waals surface area contributed by atoms with Crippen LogP contribution in [-0.2, 0) is 22.4 Å². The molecule has 3 amide bonds. The average Bonchev–Trinajstić information content (AvgIpc) is 3.57. The number of aliphatic hydroxyl groups excluding tert-OH is 1. The molecule has 214 valence electrons. The number of nitrogens with zero attached hydrogens (tertiary/aromatic N) is 1. The highest BCUT2D eigenvalue weighted by Gasteiger charge is 2.44. The molecule has 1 saturated heterocycles. The third kappa shape index (κ3) is 6.10. The van der Waals surface area contributed by atoms with Crippen LogP contribution in [0.1, 0.15) is 51.5 Å². The molecule has 0 aromatic heterocycles. The lowest BCUT2D eigenvalue weighted by molar-refractivity contribution is -0.146. The van der Waals surface area contributed by atoms with Gasteiger partial charge in [-0.15, -0.1) is 0 Å². The first-order valence-corrected chi connectivity index (χ1v) is 13.9. The van der Waals surface area contributed by atoms with Gasteiger partial charge in [-0.1, -0.05) is 60.7 Å². The molecule has 0 unspecified atom stereocenters. The van der Waals surface area contributed by atoms with Crippen molar-refractivity contribution in [1.29, 1.82) is 0 Å². The monoisotopic (exact) mass is 559 g/mol. The van der Waals surface area contributed by atoms with E-state index >= 15 is 0 Å². The molecule has 0 bridgehead atoms. The molecule has 1 aliphatic carbocycles. The zero-order valence-corrected chi connectivity index (χ0v) is 22.8. The van der Waals surface area contributed by atoms with Crippen LogP contribution < -0.4 is 10.6 Å². The predicted molar refractivity (Wildman–Crippen MR) is 151 cm³/mol. The Labute approximate surface area is 238 Å². The van der Waals surface area contributed by atoms with Crippen molar-refractivity contribution in [1.82, 2.24) is 15.5 Å². The first-order valence-electron chi connectivity index (χ1n) is 13.9. The minimum Gasteiger partial charge on any atom is -0.508 e. The fourth-order valence-corrected chi connectivity index (χ4v) is 5.82. The maximum atomic E-state index is 14.7. The second kappa shape index (κ2) is 12.1. The van der Waals surface area contributed by atoms with Crippen molar-refractivity contribution in [3.05, 3.63) is 101 Å². The number of likely N-dealkylation sites (tertiary alicyclic amines) is 1. The molecule has 5 atom stereocenters. The van der Waals surface area contributed by atoms with E-state index < -0.39 is 42.1 Å². The number of aromatic hydroxyl groups is 1. The molecule has 2 aliphatic rings. The molecule has 3 aromatic carbocycles. The number of benzene rings is 3. The van der Waals surface area contributed by atoms with E-state index in [0.29, 0.717) is 12.0 Å². The number of hydrogen-bond acceptors (Lipinski definition) is 5. The summed E-state index contributed by atoms with van der Waals surface area (Å²) in [5.74, 6) is -1.93. The number of aliphatic hydroxyl groups is 1. The summed E-state index contributed by atoms with van der Waals surface area (Å²) in [7, 11) is 0. The summed E-state index contributed by atoms with van der Waals surface area (Å²) in [4.78, 5) is 41.3. The number of nitrogens with one attached hydrogen (secondary N) is 2. The van der Waals surface area contributed by atoms with Gasteiger partial charge in [0.2, 0.25) is 5.91 Å². The Morgan fingerprint density at radius 2 is 1.76 bits per heavy atom. The van der Waals surface area contributed by atoms with E-state index in [4.69, 9.17) is 0 Å². The van der Waals surface area contributed by atoms with Crippen LogP contribution >= 0.6 is 0 Å². The number of carbonyl (C=O) groups excluding carboxylic acids is 3. The Morgan fingerprint density at radius 3 is 2.54 bits per heavy atom. The maximum absolute atomic E-state index is 14.7. The number of aryl methyl sites for hydroxylation is 1. The minimum absolute atomic E-state index is 0.0568. The first-order chi connectivity index (χ1) is 19.7. The molecule has 1 aliphatic heterocycles. The van der Waals surface area contributed by atoms with Gasteiger partial charge in [0, 0.05) is 17.5 Å². The summed E-state index contributed by atoms with van der Waals surface area (Å²) in [6.07, 6.45) is -1.69. The van der Waals surface area contributed by atoms with E-state index in [1.165, 1.54) is 18.2 Å². The van der Waals surface area contributed by atoms with Gasteiger partial charge < -0.3 is 25.7 Å². The zero-order valence-electron chi connectivity index (χ0n) is 22.8. The Kier molecular flexibility index (Phi) is 8.35. The lowest BCUT2D eigenvalue weighted by Crippen LogP contribution is -2.56. The van der Waals surface area contributed by atoms with Crippen LogP contribution in [0.4, 0.5) is 4.39 Å². The summed E-state index contributed by atoms with van der Waals surface area (Å²) in [6, 6.07) is 19.0. The molecule has 1 fully saturated rings. The molecule has 0 saturated carbocycles. The van der Waals surface area contributed by atoms with Gasteiger partial charge >= 0.3 is 0 Å². The summed E-state index contributed by atoms with van der Waals surface area (Å²) >= 11 is 0. The van der Waals surface area contributed by atoms with Crippen molar-refractivity contribution in [2.45, 2.75) is 63.0 Å². The molecule has 1 heterocycles. The van der Waals surface area contributed by atoms with Gasteiger partial charge in [-0.25, -0.2) is 4.39 Å². The molecular weight excluding hydrogens is 525 g/mol. The number of rotatable bonds is 8. The third-order valence-corrected chi connectivity index (χ3v) is 8.08. The number of halogens is 1. The molecule has 4 N–H and O–H groups in total.